The molecule has 0 unspecified atom stereocenters. The molecular weight excluding hydrogens is 711 g/mol. The normalized spacial score (nSPS) is 13.4. The molecule has 0 saturated heterocycles. The standard InChI is InChI=1S/C58H45N/c1-2-14-41(15-3-1)52-26-11-19-45-20-12-28-56(58(45)52)55-23-8-9-29-57(55)59(46-35-30-43(31-36-46)49-24-10-18-40-16-4-6-21-48(40)49)47-37-32-44(33-38-47)51-25-13-27-53-50-22-7-5-17-42(50)34-39-54(51)53/h4-13,16-39,41H,1-3,14-15H2. The van der Waals surface area contributed by atoms with Gasteiger partial charge in [-0.25, -0.2) is 0 Å². The number of hydrogen-bond acceptors (Lipinski definition) is 1. The van der Waals surface area contributed by atoms with Gasteiger partial charge in [0.2, 0.25) is 0 Å². The van der Waals surface area contributed by atoms with Gasteiger partial charge in [-0.1, -0.05) is 195 Å². The highest BCUT2D eigenvalue weighted by atomic mass is 15.1. The fraction of sp³-hybridized carbons (Fsp3) is 0.103. The van der Waals surface area contributed by atoms with Gasteiger partial charge in [0.25, 0.3) is 0 Å². The molecule has 0 N–H and O–H groups in total. The topological polar surface area (TPSA) is 3.24 Å². The number of nitrogens with zero attached hydrogens (tertiary/aromatic N) is 1. The van der Waals surface area contributed by atoms with Crippen LogP contribution in [0.3, 0.4) is 0 Å². The van der Waals surface area contributed by atoms with Crippen LogP contribution in [0.2, 0.25) is 0 Å². The summed E-state index contributed by atoms with van der Waals surface area (Å²) in [5.41, 5.74) is 12.4. The maximum absolute atomic E-state index is 2.46. The zero-order valence-corrected chi connectivity index (χ0v) is 33.2. The van der Waals surface area contributed by atoms with Crippen LogP contribution in [-0.2, 0) is 0 Å². The zero-order chi connectivity index (χ0) is 39.1. The summed E-state index contributed by atoms with van der Waals surface area (Å²) in [6, 6.07) is 76.5. The Kier molecular flexibility index (Phi) is 9.01. The van der Waals surface area contributed by atoms with E-state index in [1.807, 2.05) is 0 Å². The molecule has 1 saturated carbocycles. The third-order valence-electron chi connectivity index (χ3n) is 12.9. The lowest BCUT2D eigenvalue weighted by molar-refractivity contribution is 0.445. The highest BCUT2D eigenvalue weighted by Gasteiger charge is 2.23. The Labute approximate surface area is 346 Å². The number of hydrogen-bond donors (Lipinski definition) is 0. The second-order valence-corrected chi connectivity index (χ2v) is 16.2. The van der Waals surface area contributed by atoms with Gasteiger partial charge in [-0.3, -0.25) is 0 Å². The van der Waals surface area contributed by atoms with Gasteiger partial charge in [-0.05, 0) is 126 Å². The van der Waals surface area contributed by atoms with E-state index in [-0.39, 0.29) is 0 Å². The Morgan fingerprint density at radius 1 is 0.322 bits per heavy atom. The molecule has 1 fully saturated rings. The minimum absolute atomic E-state index is 0.595. The zero-order valence-electron chi connectivity index (χ0n) is 33.2. The largest absolute Gasteiger partial charge is 0.310 e. The van der Waals surface area contributed by atoms with Gasteiger partial charge >= 0.3 is 0 Å². The van der Waals surface area contributed by atoms with Crippen LogP contribution >= 0.6 is 0 Å². The maximum atomic E-state index is 2.46. The van der Waals surface area contributed by atoms with Crippen LogP contribution in [0.4, 0.5) is 17.1 Å². The Bertz CT molecular complexity index is 3120. The van der Waals surface area contributed by atoms with Gasteiger partial charge in [0, 0.05) is 16.9 Å². The number of fused-ring (bicyclic) bond motifs is 5. The van der Waals surface area contributed by atoms with Crippen LogP contribution < -0.4 is 4.90 Å². The molecule has 10 aromatic rings. The molecule has 0 aliphatic heterocycles. The van der Waals surface area contributed by atoms with Crippen LogP contribution in [0.15, 0.2) is 206 Å². The van der Waals surface area contributed by atoms with E-state index in [4.69, 9.17) is 0 Å². The van der Waals surface area contributed by atoms with Crippen molar-refractivity contribution < 1.29 is 0 Å². The molecule has 0 amide bonds. The lowest BCUT2D eigenvalue weighted by Crippen LogP contribution is -2.11. The molecule has 1 aliphatic carbocycles. The van der Waals surface area contributed by atoms with Crippen molar-refractivity contribution in [2.45, 2.75) is 38.0 Å². The average molecular weight is 756 g/mol. The van der Waals surface area contributed by atoms with Gasteiger partial charge < -0.3 is 4.90 Å². The molecule has 0 aromatic heterocycles. The van der Waals surface area contributed by atoms with Crippen molar-refractivity contribution >= 4 is 60.2 Å². The molecule has 1 aliphatic rings. The molecule has 0 heterocycles. The molecule has 0 spiro atoms. The minimum atomic E-state index is 0.595. The quantitative estimate of drug-likeness (QED) is 0.146. The van der Waals surface area contributed by atoms with Gasteiger partial charge in [-0.2, -0.15) is 0 Å². The van der Waals surface area contributed by atoms with Crippen molar-refractivity contribution in [3.05, 3.63) is 212 Å². The van der Waals surface area contributed by atoms with E-state index >= 15 is 0 Å². The molecule has 59 heavy (non-hydrogen) atoms. The number of anilines is 3. The van der Waals surface area contributed by atoms with E-state index in [1.54, 1.807) is 0 Å². The van der Waals surface area contributed by atoms with E-state index in [0.717, 1.165) is 11.4 Å². The Morgan fingerprint density at radius 2 is 0.831 bits per heavy atom. The predicted octanol–water partition coefficient (Wildman–Crippen LogP) is 16.8. The predicted molar refractivity (Wildman–Crippen MR) is 253 cm³/mol. The highest BCUT2D eigenvalue weighted by Crippen LogP contribution is 2.46. The van der Waals surface area contributed by atoms with Crippen LogP contribution in [0.5, 0.6) is 0 Å². The van der Waals surface area contributed by atoms with E-state index in [1.165, 1.54) is 120 Å². The third kappa shape index (κ3) is 6.35. The summed E-state index contributed by atoms with van der Waals surface area (Å²) < 4.78 is 0. The lowest BCUT2D eigenvalue weighted by Gasteiger charge is -2.29. The third-order valence-corrected chi connectivity index (χ3v) is 12.9. The van der Waals surface area contributed by atoms with Gasteiger partial charge in [0.1, 0.15) is 0 Å². The second kappa shape index (κ2) is 15.1. The van der Waals surface area contributed by atoms with E-state index < -0.39 is 0 Å². The van der Waals surface area contributed by atoms with Crippen LogP contribution in [0.1, 0.15) is 43.6 Å². The molecule has 0 bridgehead atoms. The molecule has 1 heteroatoms. The SMILES string of the molecule is c1ccc(N(c2ccc(-c3cccc4ccccc34)cc2)c2ccc(-c3cccc4c3ccc3ccccc34)cc2)c(-c2cccc3cccc(C4CCCCC4)c23)c1. The van der Waals surface area contributed by atoms with Crippen molar-refractivity contribution in [1.29, 1.82) is 0 Å². The fourth-order valence-electron chi connectivity index (χ4n) is 10.0. The molecule has 0 atom stereocenters. The van der Waals surface area contributed by atoms with Crippen molar-refractivity contribution in [2.75, 3.05) is 4.90 Å². The first-order valence-corrected chi connectivity index (χ1v) is 21.3. The van der Waals surface area contributed by atoms with Crippen molar-refractivity contribution in [2.24, 2.45) is 0 Å². The smallest absolute Gasteiger partial charge is 0.0540 e. The van der Waals surface area contributed by atoms with E-state index in [0.29, 0.717) is 5.92 Å². The van der Waals surface area contributed by atoms with Crippen LogP contribution in [0.25, 0.3) is 76.5 Å². The van der Waals surface area contributed by atoms with E-state index in [9.17, 15) is 0 Å². The molecule has 10 aromatic carbocycles. The summed E-state index contributed by atoms with van der Waals surface area (Å²) in [5.74, 6) is 0.595. The molecule has 1 nitrogen and oxygen atoms in total. The number of rotatable bonds is 7. The summed E-state index contributed by atoms with van der Waals surface area (Å²) in [6.07, 6.45) is 6.51. The summed E-state index contributed by atoms with van der Waals surface area (Å²) in [4.78, 5) is 2.46. The molecule has 282 valence electrons. The second-order valence-electron chi connectivity index (χ2n) is 16.2. The minimum Gasteiger partial charge on any atom is -0.310 e. The molecular formula is C58H45N. The molecule has 11 rings (SSSR count). The summed E-state index contributed by atoms with van der Waals surface area (Å²) in [7, 11) is 0. The fourth-order valence-corrected chi connectivity index (χ4v) is 10.0. The summed E-state index contributed by atoms with van der Waals surface area (Å²) in [5, 5.41) is 10.4. The lowest BCUT2D eigenvalue weighted by atomic mass is 9.80. The highest BCUT2D eigenvalue weighted by molar-refractivity contribution is 6.12. The van der Waals surface area contributed by atoms with Gasteiger partial charge in [-0.15, -0.1) is 0 Å². The first-order chi connectivity index (χ1) is 29.3. The van der Waals surface area contributed by atoms with Crippen LogP contribution in [0, 0.1) is 0 Å². The number of benzene rings is 10. The molecule has 0 radical (unpaired) electrons. The first kappa shape index (κ1) is 35.2. The number of para-hydroxylation sites is 1. The average Bonchev–Trinajstić information content (AvgIpc) is 3.32. The Morgan fingerprint density at radius 3 is 1.56 bits per heavy atom. The maximum Gasteiger partial charge on any atom is 0.0540 e. The van der Waals surface area contributed by atoms with Crippen molar-refractivity contribution in [3.63, 3.8) is 0 Å². The van der Waals surface area contributed by atoms with Crippen LogP contribution in [-0.4, -0.2) is 0 Å². The van der Waals surface area contributed by atoms with Crippen molar-refractivity contribution in [1.82, 2.24) is 0 Å². The first-order valence-electron chi connectivity index (χ1n) is 21.3. The van der Waals surface area contributed by atoms with Crippen molar-refractivity contribution in [3.8, 4) is 33.4 Å². The van der Waals surface area contributed by atoms with E-state index in [2.05, 4.69) is 211 Å². The summed E-state index contributed by atoms with van der Waals surface area (Å²) in [6.45, 7) is 0. The Balaban J connectivity index is 1.07. The van der Waals surface area contributed by atoms with Gasteiger partial charge in [0.05, 0.1) is 5.69 Å². The summed E-state index contributed by atoms with van der Waals surface area (Å²) >= 11 is 0. The van der Waals surface area contributed by atoms with Gasteiger partial charge in [0.15, 0.2) is 0 Å². The Hall–Kier alpha value is -6.96. The monoisotopic (exact) mass is 755 g/mol.